The maximum Gasteiger partial charge on any atom is 0.127 e. The Balaban J connectivity index is 3.42. The van der Waals surface area contributed by atoms with Gasteiger partial charge in [-0.15, -0.1) is 0 Å². The van der Waals surface area contributed by atoms with Crippen LogP contribution < -0.4 is 15.8 Å². The normalized spacial score (nSPS) is 14.4. The molecule has 3 N–H and O–H groups in total. The average molecular weight is 250 g/mol. The van der Waals surface area contributed by atoms with Crippen molar-refractivity contribution >= 4 is 0 Å². The highest BCUT2D eigenvalue weighted by Gasteiger charge is 2.23. The SMILES string of the molecule is CNC(c1c(C)cc(C)c(C)c1OC)C(C)CN. The molecule has 18 heavy (non-hydrogen) atoms. The van der Waals surface area contributed by atoms with Crippen molar-refractivity contribution in [3.05, 3.63) is 28.3 Å². The summed E-state index contributed by atoms with van der Waals surface area (Å²) in [6.45, 7) is 9.18. The Morgan fingerprint density at radius 3 is 2.33 bits per heavy atom. The van der Waals surface area contributed by atoms with Gasteiger partial charge in [-0.2, -0.15) is 0 Å². The van der Waals surface area contributed by atoms with E-state index in [9.17, 15) is 0 Å². The van der Waals surface area contributed by atoms with Crippen LogP contribution in [0.15, 0.2) is 6.07 Å². The van der Waals surface area contributed by atoms with E-state index in [0.29, 0.717) is 12.5 Å². The molecule has 0 aliphatic heterocycles. The summed E-state index contributed by atoms with van der Waals surface area (Å²) in [6.07, 6.45) is 0. The topological polar surface area (TPSA) is 47.3 Å². The maximum absolute atomic E-state index is 5.81. The second kappa shape index (κ2) is 6.21. The van der Waals surface area contributed by atoms with E-state index in [1.54, 1.807) is 7.11 Å². The molecule has 0 saturated heterocycles. The molecule has 1 rings (SSSR count). The third kappa shape index (κ3) is 2.68. The number of rotatable bonds is 5. The Hall–Kier alpha value is -1.06. The molecule has 0 bridgehead atoms. The maximum atomic E-state index is 5.81. The molecule has 0 aliphatic carbocycles. The van der Waals surface area contributed by atoms with Gasteiger partial charge in [0.25, 0.3) is 0 Å². The molecule has 0 spiro atoms. The summed E-state index contributed by atoms with van der Waals surface area (Å²) in [6, 6.07) is 2.45. The lowest BCUT2D eigenvalue weighted by Gasteiger charge is -2.28. The second-order valence-electron chi connectivity index (χ2n) is 5.06. The van der Waals surface area contributed by atoms with Gasteiger partial charge in [-0.05, 0) is 57.0 Å². The van der Waals surface area contributed by atoms with Crippen molar-refractivity contribution in [2.75, 3.05) is 20.7 Å². The van der Waals surface area contributed by atoms with Crippen LogP contribution in [0, 0.1) is 26.7 Å². The molecular formula is C15H26N2O. The van der Waals surface area contributed by atoms with Gasteiger partial charge in [-0.25, -0.2) is 0 Å². The summed E-state index contributed by atoms with van der Waals surface area (Å²) in [5.41, 5.74) is 10.8. The van der Waals surface area contributed by atoms with Gasteiger partial charge in [0.15, 0.2) is 0 Å². The smallest absolute Gasteiger partial charge is 0.127 e. The summed E-state index contributed by atoms with van der Waals surface area (Å²) in [5, 5.41) is 3.37. The minimum absolute atomic E-state index is 0.226. The number of nitrogens with two attached hydrogens (primary N) is 1. The van der Waals surface area contributed by atoms with Gasteiger partial charge in [0.1, 0.15) is 5.75 Å². The van der Waals surface area contributed by atoms with E-state index >= 15 is 0 Å². The number of nitrogens with one attached hydrogen (secondary N) is 1. The van der Waals surface area contributed by atoms with Gasteiger partial charge in [-0.1, -0.05) is 13.0 Å². The fourth-order valence-electron chi connectivity index (χ4n) is 2.57. The number of benzene rings is 1. The van der Waals surface area contributed by atoms with E-state index in [-0.39, 0.29) is 6.04 Å². The molecule has 0 radical (unpaired) electrons. The molecule has 2 unspecified atom stereocenters. The third-order valence-electron chi connectivity index (χ3n) is 3.80. The first-order chi connectivity index (χ1) is 8.47. The van der Waals surface area contributed by atoms with Gasteiger partial charge in [0.2, 0.25) is 0 Å². The number of hydrogen-bond acceptors (Lipinski definition) is 3. The number of methoxy groups -OCH3 is 1. The van der Waals surface area contributed by atoms with Crippen molar-refractivity contribution in [3.63, 3.8) is 0 Å². The molecule has 3 nitrogen and oxygen atoms in total. The van der Waals surface area contributed by atoms with Crippen LogP contribution in [0.2, 0.25) is 0 Å². The first kappa shape index (κ1) is 15.0. The zero-order chi connectivity index (χ0) is 13.9. The van der Waals surface area contributed by atoms with Crippen LogP contribution in [-0.2, 0) is 0 Å². The monoisotopic (exact) mass is 250 g/mol. The second-order valence-corrected chi connectivity index (χ2v) is 5.06. The number of ether oxygens (including phenoxy) is 1. The molecule has 2 atom stereocenters. The first-order valence-corrected chi connectivity index (χ1v) is 6.49. The van der Waals surface area contributed by atoms with E-state index in [1.165, 1.54) is 22.3 Å². The van der Waals surface area contributed by atoms with E-state index in [4.69, 9.17) is 10.5 Å². The molecule has 102 valence electrons. The summed E-state index contributed by atoms with van der Waals surface area (Å²) in [7, 11) is 3.72. The van der Waals surface area contributed by atoms with Crippen LogP contribution in [0.3, 0.4) is 0 Å². The van der Waals surface area contributed by atoms with E-state index in [0.717, 1.165) is 5.75 Å². The molecule has 0 saturated carbocycles. The van der Waals surface area contributed by atoms with E-state index < -0.39 is 0 Å². The molecular weight excluding hydrogens is 224 g/mol. The van der Waals surface area contributed by atoms with Crippen LogP contribution in [0.5, 0.6) is 5.75 Å². The highest BCUT2D eigenvalue weighted by molar-refractivity contribution is 5.51. The number of hydrogen-bond donors (Lipinski definition) is 2. The Morgan fingerprint density at radius 2 is 1.89 bits per heavy atom. The predicted molar refractivity (Wildman–Crippen MR) is 77.2 cm³/mol. The fraction of sp³-hybridized carbons (Fsp3) is 0.600. The highest BCUT2D eigenvalue weighted by Crippen LogP contribution is 2.36. The Bertz CT molecular complexity index is 415. The molecule has 3 heteroatoms. The van der Waals surface area contributed by atoms with Crippen LogP contribution in [0.4, 0.5) is 0 Å². The lowest BCUT2D eigenvalue weighted by molar-refractivity contribution is 0.370. The minimum atomic E-state index is 0.226. The van der Waals surface area contributed by atoms with E-state index in [1.807, 2.05) is 7.05 Å². The lowest BCUT2D eigenvalue weighted by atomic mass is 9.88. The largest absolute Gasteiger partial charge is 0.496 e. The summed E-state index contributed by atoms with van der Waals surface area (Å²) < 4.78 is 5.63. The molecule has 0 heterocycles. The van der Waals surface area contributed by atoms with Crippen molar-refractivity contribution in [2.45, 2.75) is 33.7 Å². The molecule has 1 aromatic rings. The van der Waals surface area contributed by atoms with Crippen molar-refractivity contribution < 1.29 is 4.74 Å². The predicted octanol–water partition coefficient (Wildman–Crippen LogP) is 2.48. The standard InChI is InChI=1S/C15H26N2O/c1-9-7-10(2)13(15(18-6)12(9)4)14(17-5)11(3)8-16/h7,11,14,17H,8,16H2,1-6H3. The minimum Gasteiger partial charge on any atom is -0.496 e. The lowest BCUT2D eigenvalue weighted by Crippen LogP contribution is -2.29. The summed E-state index contributed by atoms with van der Waals surface area (Å²) in [4.78, 5) is 0. The average Bonchev–Trinajstić information content (AvgIpc) is 2.36. The van der Waals surface area contributed by atoms with Crippen LogP contribution in [0.25, 0.3) is 0 Å². The zero-order valence-corrected chi connectivity index (χ0v) is 12.4. The van der Waals surface area contributed by atoms with Gasteiger partial charge in [0.05, 0.1) is 7.11 Å². The summed E-state index contributed by atoms with van der Waals surface area (Å²) in [5.74, 6) is 1.36. The Labute approximate surface area is 111 Å². The molecule has 0 fully saturated rings. The van der Waals surface area contributed by atoms with Gasteiger partial charge in [-0.3, -0.25) is 0 Å². The van der Waals surface area contributed by atoms with Crippen molar-refractivity contribution in [1.29, 1.82) is 0 Å². The number of aryl methyl sites for hydroxylation is 2. The Morgan fingerprint density at radius 1 is 1.28 bits per heavy atom. The van der Waals surface area contributed by atoms with Crippen LogP contribution in [-0.4, -0.2) is 20.7 Å². The molecule has 0 aromatic heterocycles. The van der Waals surface area contributed by atoms with Crippen molar-refractivity contribution in [3.8, 4) is 5.75 Å². The zero-order valence-electron chi connectivity index (χ0n) is 12.4. The van der Waals surface area contributed by atoms with Gasteiger partial charge in [0, 0.05) is 11.6 Å². The fourth-order valence-corrected chi connectivity index (χ4v) is 2.57. The van der Waals surface area contributed by atoms with Crippen LogP contribution >= 0.6 is 0 Å². The molecule has 1 aromatic carbocycles. The van der Waals surface area contributed by atoms with Gasteiger partial charge >= 0.3 is 0 Å². The Kier molecular flexibility index (Phi) is 5.17. The van der Waals surface area contributed by atoms with Crippen LogP contribution in [0.1, 0.15) is 35.2 Å². The quantitative estimate of drug-likeness (QED) is 0.844. The van der Waals surface area contributed by atoms with E-state index in [2.05, 4.69) is 39.1 Å². The van der Waals surface area contributed by atoms with Crippen molar-refractivity contribution in [2.24, 2.45) is 11.7 Å². The van der Waals surface area contributed by atoms with Crippen molar-refractivity contribution in [1.82, 2.24) is 5.32 Å². The van der Waals surface area contributed by atoms with Gasteiger partial charge < -0.3 is 15.8 Å². The highest BCUT2D eigenvalue weighted by atomic mass is 16.5. The third-order valence-corrected chi connectivity index (χ3v) is 3.80. The summed E-state index contributed by atoms with van der Waals surface area (Å²) >= 11 is 0. The molecule has 0 aliphatic rings. The molecule has 0 amide bonds. The first-order valence-electron chi connectivity index (χ1n) is 6.49.